The molecule has 0 atom stereocenters. The van der Waals surface area contributed by atoms with Gasteiger partial charge in [0.1, 0.15) is 0 Å². The van der Waals surface area contributed by atoms with Crippen LogP contribution in [-0.4, -0.2) is 56.1 Å². The number of unbranched alkanes of at least 4 members (excludes halogenated alkanes) is 32. The van der Waals surface area contributed by atoms with E-state index in [1.165, 1.54) is 128 Å². The van der Waals surface area contributed by atoms with Crippen LogP contribution in [0.3, 0.4) is 0 Å². The molecule has 0 unspecified atom stereocenters. The Morgan fingerprint density at radius 2 is 0.557 bits per heavy atom. The van der Waals surface area contributed by atoms with Crippen molar-refractivity contribution in [1.82, 2.24) is 0 Å². The maximum absolute atomic E-state index is 14.6. The molecule has 0 aromatic heterocycles. The minimum absolute atomic E-state index is 0.0315. The van der Waals surface area contributed by atoms with Gasteiger partial charge in [0.05, 0.1) is 48.7 Å². The Morgan fingerprint density at radius 3 is 0.871 bits per heavy atom. The van der Waals surface area contributed by atoms with Crippen LogP contribution < -0.4 is 0 Å². The lowest BCUT2D eigenvalue weighted by Gasteiger charge is -2.20. The fourth-order valence-electron chi connectivity index (χ4n) is 9.00. The van der Waals surface area contributed by atoms with E-state index in [9.17, 15) is 24.0 Å². The van der Waals surface area contributed by atoms with Crippen molar-refractivity contribution in [3.8, 4) is 0 Å². The van der Waals surface area contributed by atoms with Crippen molar-refractivity contribution < 1.29 is 42.9 Å². The van der Waals surface area contributed by atoms with Crippen molar-refractivity contribution in [3.63, 3.8) is 0 Å². The van der Waals surface area contributed by atoms with Gasteiger partial charge in [-0.25, -0.2) is 19.2 Å². The first-order valence-corrected chi connectivity index (χ1v) is 28.8. The second-order valence-electron chi connectivity index (χ2n) is 19.6. The van der Waals surface area contributed by atoms with Gasteiger partial charge in [-0.05, 0) is 31.7 Å². The maximum atomic E-state index is 14.6. The van der Waals surface area contributed by atoms with Gasteiger partial charge < -0.3 is 18.9 Å². The summed E-state index contributed by atoms with van der Waals surface area (Å²) in [7, 11) is 0. The molecule has 0 aliphatic heterocycles. The Bertz CT molecular complexity index is 1680. The summed E-state index contributed by atoms with van der Waals surface area (Å²) in [6.07, 6.45) is 38.5. The molecule has 0 N–H and O–H groups in total. The van der Waals surface area contributed by atoms with Crippen LogP contribution in [-0.2, 0) is 18.9 Å². The Morgan fingerprint density at radius 1 is 0.300 bits per heavy atom. The third kappa shape index (κ3) is 27.6. The minimum Gasteiger partial charge on any atom is -0.462 e. The quantitative estimate of drug-likeness (QED) is 0.0276. The predicted octanol–water partition coefficient (Wildman–Crippen LogP) is 17.7. The summed E-state index contributed by atoms with van der Waals surface area (Å²) in [6, 6.07) is 9.62. The minimum atomic E-state index is -0.986. The second kappa shape index (κ2) is 42.7. The molecule has 0 bridgehead atoms. The zero-order chi connectivity index (χ0) is 50.7. The van der Waals surface area contributed by atoms with E-state index in [-0.39, 0.29) is 43.1 Å². The van der Waals surface area contributed by atoms with Gasteiger partial charge in [0, 0.05) is 11.1 Å². The largest absolute Gasteiger partial charge is 0.462 e. The number of esters is 4. The summed E-state index contributed by atoms with van der Waals surface area (Å²) in [5, 5.41) is 0. The summed E-state index contributed by atoms with van der Waals surface area (Å²) in [5.74, 6) is -4.35. The summed E-state index contributed by atoms with van der Waals surface area (Å²) >= 11 is 0. The lowest BCUT2D eigenvalue weighted by atomic mass is 9.87. The molecule has 2 rings (SSSR count). The average molecular weight is 975 g/mol. The maximum Gasteiger partial charge on any atom is 0.339 e. The van der Waals surface area contributed by atoms with E-state index in [0.29, 0.717) is 25.7 Å². The molecule has 0 saturated carbocycles. The highest BCUT2D eigenvalue weighted by molar-refractivity contribution is 6.22. The van der Waals surface area contributed by atoms with Gasteiger partial charge in [0.25, 0.3) is 0 Å². The summed E-state index contributed by atoms with van der Waals surface area (Å²) in [6.45, 7) is 9.07. The molecule has 0 fully saturated rings. The zero-order valence-electron chi connectivity index (χ0n) is 44.9. The predicted molar refractivity (Wildman–Crippen MR) is 286 cm³/mol. The van der Waals surface area contributed by atoms with Gasteiger partial charge in [-0.2, -0.15) is 0 Å². The molecule has 396 valence electrons. The van der Waals surface area contributed by atoms with Crippen LogP contribution in [0.1, 0.15) is 316 Å². The number of rotatable bonds is 46. The molecule has 0 heterocycles. The monoisotopic (exact) mass is 975 g/mol. The SMILES string of the molecule is CCCCCCCCCCCOC(=O)c1cc(C(=O)c2ccccc2)c(C(=O)OCCCCCCCCCCC)c(C(=O)OCCCCCCCCCCC)c1C(=O)OCCCCCCCCCCC. The van der Waals surface area contributed by atoms with Crippen molar-refractivity contribution in [2.75, 3.05) is 26.4 Å². The summed E-state index contributed by atoms with van der Waals surface area (Å²) in [4.78, 5) is 72.6. The number of hydrogen-bond donors (Lipinski definition) is 0. The topological polar surface area (TPSA) is 122 Å². The standard InChI is InChI=1S/C61H98O9/c1-5-9-13-17-21-25-29-33-40-46-67-58(63)53-50-52(57(62)51-44-38-37-39-45-51)54(59(64)68-47-41-34-30-26-22-18-14-10-6-2)56(61(66)70-49-43-36-32-28-24-20-16-12-8-4)55(53)60(65)69-48-42-35-31-27-23-19-15-11-7-3/h37-39,44-45,50H,5-36,40-43,46-49H2,1-4H3. The van der Waals surface area contributed by atoms with Crippen molar-refractivity contribution in [1.29, 1.82) is 0 Å². The normalized spacial score (nSPS) is 11.1. The highest BCUT2D eigenvalue weighted by atomic mass is 16.5. The Balaban J connectivity index is 2.53. The Kier molecular flexibility index (Phi) is 37.8. The third-order valence-corrected chi connectivity index (χ3v) is 13.4. The fraction of sp³-hybridized carbons (Fsp3) is 0.721. The van der Waals surface area contributed by atoms with Crippen LogP contribution >= 0.6 is 0 Å². The molecule has 9 heteroatoms. The lowest BCUT2D eigenvalue weighted by Crippen LogP contribution is -2.27. The number of ketones is 1. The molecule has 0 saturated heterocycles. The summed E-state index contributed by atoms with van der Waals surface area (Å²) < 4.78 is 23.5. The smallest absolute Gasteiger partial charge is 0.339 e. The highest BCUT2D eigenvalue weighted by Crippen LogP contribution is 2.30. The van der Waals surface area contributed by atoms with Gasteiger partial charge in [-0.3, -0.25) is 4.79 Å². The number of carbonyl (C=O) groups excluding carboxylic acids is 5. The van der Waals surface area contributed by atoms with E-state index < -0.39 is 46.4 Å². The molecule has 0 amide bonds. The molecule has 0 aliphatic carbocycles. The number of hydrogen-bond acceptors (Lipinski definition) is 9. The molecule has 9 nitrogen and oxygen atoms in total. The number of carbonyl (C=O) groups is 5. The van der Waals surface area contributed by atoms with Gasteiger partial charge in [-0.15, -0.1) is 0 Å². The Hall–Kier alpha value is -4.01. The van der Waals surface area contributed by atoms with E-state index in [1.54, 1.807) is 30.3 Å². The zero-order valence-corrected chi connectivity index (χ0v) is 44.9. The second-order valence-corrected chi connectivity index (χ2v) is 19.6. The van der Waals surface area contributed by atoms with Crippen molar-refractivity contribution >= 4 is 29.7 Å². The fourth-order valence-corrected chi connectivity index (χ4v) is 9.00. The first kappa shape index (κ1) is 62.1. The van der Waals surface area contributed by atoms with Crippen LogP contribution in [0.4, 0.5) is 0 Å². The molecule has 0 radical (unpaired) electrons. The molecule has 2 aromatic rings. The molecule has 0 aliphatic rings. The summed E-state index contributed by atoms with van der Waals surface area (Å²) in [5.41, 5.74) is -1.61. The van der Waals surface area contributed by atoms with Crippen molar-refractivity contribution in [2.24, 2.45) is 0 Å². The third-order valence-electron chi connectivity index (χ3n) is 13.4. The molecule has 70 heavy (non-hydrogen) atoms. The van der Waals surface area contributed by atoms with E-state index in [1.807, 2.05) is 0 Å². The van der Waals surface area contributed by atoms with Gasteiger partial charge in [-0.1, -0.05) is 263 Å². The van der Waals surface area contributed by atoms with Gasteiger partial charge in [0.15, 0.2) is 5.78 Å². The molecular formula is C61H98O9. The van der Waals surface area contributed by atoms with E-state index in [0.717, 1.165) is 83.5 Å². The molecule has 2 aromatic carbocycles. The van der Waals surface area contributed by atoms with Crippen LogP contribution in [0.2, 0.25) is 0 Å². The Labute approximate surface area is 426 Å². The van der Waals surface area contributed by atoms with Crippen LogP contribution in [0.25, 0.3) is 0 Å². The lowest BCUT2D eigenvalue weighted by molar-refractivity contribution is 0.0414. The van der Waals surface area contributed by atoms with Crippen LogP contribution in [0, 0.1) is 0 Å². The average Bonchev–Trinajstić information content (AvgIpc) is 3.37. The van der Waals surface area contributed by atoms with Crippen molar-refractivity contribution in [3.05, 3.63) is 69.8 Å². The number of benzene rings is 2. The first-order chi connectivity index (χ1) is 34.3. The van der Waals surface area contributed by atoms with Gasteiger partial charge in [0.2, 0.25) is 0 Å². The van der Waals surface area contributed by atoms with Crippen LogP contribution in [0.5, 0.6) is 0 Å². The van der Waals surface area contributed by atoms with Crippen LogP contribution in [0.15, 0.2) is 36.4 Å². The highest BCUT2D eigenvalue weighted by Gasteiger charge is 2.37. The van der Waals surface area contributed by atoms with E-state index >= 15 is 0 Å². The number of ether oxygens (including phenoxy) is 4. The molecular weight excluding hydrogens is 877 g/mol. The van der Waals surface area contributed by atoms with Gasteiger partial charge >= 0.3 is 23.9 Å². The first-order valence-electron chi connectivity index (χ1n) is 28.8. The van der Waals surface area contributed by atoms with E-state index in [4.69, 9.17) is 18.9 Å². The van der Waals surface area contributed by atoms with E-state index in [2.05, 4.69) is 27.7 Å². The van der Waals surface area contributed by atoms with Crippen molar-refractivity contribution in [2.45, 2.75) is 259 Å². The molecule has 0 spiro atoms.